The molecular weight excluding hydrogens is 302 g/mol. The second kappa shape index (κ2) is 6.32. The predicted molar refractivity (Wildman–Crippen MR) is 91.5 cm³/mol. The molecule has 0 N–H and O–H groups in total. The standard InChI is InChI=1S/C19H19N3O2/c1-14-13-22(18(23)24-19(14,2)3)17-20-11-16(12-21-17)10-9-15-7-5-4-6-8-15/h4-8,11-12,14H,13H2,1-3H3/t14-/m0/s1. The lowest BCUT2D eigenvalue weighted by molar-refractivity contribution is -0.0127. The van der Waals surface area contributed by atoms with Gasteiger partial charge in [0.2, 0.25) is 5.95 Å². The normalized spacial score (nSPS) is 19.2. The third-order valence-electron chi connectivity index (χ3n) is 4.22. The number of hydrogen-bond acceptors (Lipinski definition) is 4. The average Bonchev–Trinajstić information content (AvgIpc) is 2.57. The number of rotatable bonds is 1. The largest absolute Gasteiger partial charge is 0.443 e. The van der Waals surface area contributed by atoms with Gasteiger partial charge in [0.1, 0.15) is 5.60 Å². The number of carbonyl (C=O) groups excluding carboxylic acids is 1. The first kappa shape index (κ1) is 16.0. The third kappa shape index (κ3) is 3.38. The number of anilines is 1. The molecule has 0 saturated carbocycles. The van der Waals surface area contributed by atoms with Gasteiger partial charge in [0.05, 0.1) is 5.56 Å². The van der Waals surface area contributed by atoms with Gasteiger partial charge in [-0.1, -0.05) is 37.0 Å². The van der Waals surface area contributed by atoms with Crippen LogP contribution in [0.2, 0.25) is 0 Å². The molecule has 1 aromatic carbocycles. The van der Waals surface area contributed by atoms with E-state index in [2.05, 4.69) is 21.8 Å². The van der Waals surface area contributed by atoms with Crippen molar-refractivity contribution in [2.45, 2.75) is 26.4 Å². The first-order valence-corrected chi connectivity index (χ1v) is 7.85. The van der Waals surface area contributed by atoms with E-state index in [0.29, 0.717) is 18.1 Å². The maximum absolute atomic E-state index is 12.1. The van der Waals surface area contributed by atoms with Gasteiger partial charge in [-0.3, -0.25) is 0 Å². The van der Waals surface area contributed by atoms with Crippen LogP contribution in [-0.2, 0) is 4.74 Å². The van der Waals surface area contributed by atoms with Gasteiger partial charge in [-0.25, -0.2) is 19.7 Å². The first-order valence-electron chi connectivity index (χ1n) is 7.85. The summed E-state index contributed by atoms with van der Waals surface area (Å²) in [5, 5.41) is 0. The highest BCUT2D eigenvalue weighted by atomic mass is 16.6. The van der Waals surface area contributed by atoms with Gasteiger partial charge in [0.15, 0.2) is 0 Å². The number of ether oxygens (including phenoxy) is 1. The molecule has 0 aliphatic carbocycles. The highest BCUT2D eigenvalue weighted by Crippen LogP contribution is 2.29. The Morgan fingerprint density at radius 3 is 2.42 bits per heavy atom. The molecule has 24 heavy (non-hydrogen) atoms. The minimum Gasteiger partial charge on any atom is -0.443 e. The van der Waals surface area contributed by atoms with E-state index in [-0.39, 0.29) is 5.92 Å². The fraction of sp³-hybridized carbons (Fsp3) is 0.316. The number of cyclic esters (lactones) is 1. The summed E-state index contributed by atoms with van der Waals surface area (Å²) >= 11 is 0. The van der Waals surface area contributed by atoms with Gasteiger partial charge in [0, 0.05) is 30.4 Å². The molecule has 5 nitrogen and oxygen atoms in total. The first-order chi connectivity index (χ1) is 11.5. The summed E-state index contributed by atoms with van der Waals surface area (Å²) in [6.45, 7) is 6.39. The van der Waals surface area contributed by atoms with Crippen LogP contribution in [0.1, 0.15) is 31.9 Å². The van der Waals surface area contributed by atoms with Gasteiger partial charge in [0.25, 0.3) is 0 Å². The molecule has 2 heterocycles. The lowest BCUT2D eigenvalue weighted by atomic mass is 9.91. The zero-order valence-corrected chi connectivity index (χ0v) is 14.0. The molecule has 1 aromatic heterocycles. The summed E-state index contributed by atoms with van der Waals surface area (Å²) in [7, 11) is 0. The van der Waals surface area contributed by atoms with Crippen LogP contribution in [0.4, 0.5) is 10.7 Å². The summed E-state index contributed by atoms with van der Waals surface area (Å²) in [5.74, 6) is 6.58. The van der Waals surface area contributed by atoms with Crippen molar-refractivity contribution in [1.29, 1.82) is 0 Å². The van der Waals surface area contributed by atoms with Crippen molar-refractivity contribution in [2.24, 2.45) is 5.92 Å². The van der Waals surface area contributed by atoms with E-state index in [1.54, 1.807) is 12.4 Å². The van der Waals surface area contributed by atoms with E-state index >= 15 is 0 Å². The maximum atomic E-state index is 12.1. The van der Waals surface area contributed by atoms with E-state index < -0.39 is 11.7 Å². The molecule has 1 atom stereocenters. The Morgan fingerprint density at radius 2 is 1.75 bits per heavy atom. The highest BCUT2D eigenvalue weighted by molar-refractivity contribution is 5.86. The topological polar surface area (TPSA) is 55.3 Å². The van der Waals surface area contributed by atoms with E-state index in [0.717, 1.165) is 5.56 Å². The Hall–Kier alpha value is -2.87. The molecule has 1 saturated heterocycles. The molecule has 0 spiro atoms. The van der Waals surface area contributed by atoms with Crippen molar-refractivity contribution in [3.05, 3.63) is 53.9 Å². The van der Waals surface area contributed by atoms with E-state index in [1.807, 2.05) is 51.1 Å². The van der Waals surface area contributed by atoms with Crippen LogP contribution < -0.4 is 4.90 Å². The number of hydrogen-bond donors (Lipinski definition) is 0. The van der Waals surface area contributed by atoms with Crippen LogP contribution >= 0.6 is 0 Å². The van der Waals surface area contributed by atoms with E-state index in [1.165, 1.54) is 4.90 Å². The number of benzene rings is 1. The molecule has 122 valence electrons. The number of aromatic nitrogens is 2. The van der Waals surface area contributed by atoms with Crippen molar-refractivity contribution in [3.8, 4) is 11.8 Å². The number of amides is 1. The Morgan fingerprint density at radius 1 is 1.12 bits per heavy atom. The van der Waals surface area contributed by atoms with Gasteiger partial charge in [-0.05, 0) is 26.0 Å². The van der Waals surface area contributed by atoms with Crippen LogP contribution in [0.5, 0.6) is 0 Å². The Bertz CT molecular complexity index is 789. The fourth-order valence-electron chi connectivity index (χ4n) is 2.30. The van der Waals surface area contributed by atoms with Crippen LogP contribution in [0.3, 0.4) is 0 Å². The zero-order chi connectivity index (χ0) is 17.2. The predicted octanol–water partition coefficient (Wildman–Crippen LogP) is 3.25. The van der Waals surface area contributed by atoms with Crippen LogP contribution in [-0.4, -0.2) is 28.2 Å². The Kier molecular flexibility index (Phi) is 4.22. The van der Waals surface area contributed by atoms with Crippen LogP contribution in [0, 0.1) is 17.8 Å². The molecule has 0 radical (unpaired) electrons. The number of nitrogens with zero attached hydrogens (tertiary/aromatic N) is 3. The molecule has 1 amide bonds. The number of carbonyl (C=O) groups is 1. The lowest BCUT2D eigenvalue weighted by Gasteiger charge is -2.40. The monoisotopic (exact) mass is 321 g/mol. The van der Waals surface area contributed by atoms with Crippen molar-refractivity contribution < 1.29 is 9.53 Å². The summed E-state index contributed by atoms with van der Waals surface area (Å²) in [6, 6.07) is 9.70. The fourth-order valence-corrected chi connectivity index (χ4v) is 2.30. The molecule has 1 aliphatic heterocycles. The van der Waals surface area contributed by atoms with Crippen LogP contribution in [0.15, 0.2) is 42.7 Å². The van der Waals surface area contributed by atoms with Gasteiger partial charge in [-0.2, -0.15) is 0 Å². The summed E-state index contributed by atoms with van der Waals surface area (Å²) < 4.78 is 5.47. The van der Waals surface area contributed by atoms with Gasteiger partial charge >= 0.3 is 6.09 Å². The second-order valence-electron chi connectivity index (χ2n) is 6.37. The Labute approximate surface area is 141 Å². The molecule has 0 unspecified atom stereocenters. The summed E-state index contributed by atoms with van der Waals surface area (Å²) in [5.41, 5.74) is 1.15. The van der Waals surface area contributed by atoms with Crippen molar-refractivity contribution >= 4 is 12.0 Å². The van der Waals surface area contributed by atoms with E-state index in [9.17, 15) is 4.79 Å². The van der Waals surface area contributed by atoms with Gasteiger partial charge < -0.3 is 4.74 Å². The average molecular weight is 321 g/mol. The third-order valence-corrected chi connectivity index (χ3v) is 4.22. The van der Waals surface area contributed by atoms with Crippen molar-refractivity contribution in [1.82, 2.24) is 9.97 Å². The molecular formula is C19H19N3O2. The molecule has 2 aromatic rings. The van der Waals surface area contributed by atoms with Crippen LogP contribution in [0.25, 0.3) is 0 Å². The smallest absolute Gasteiger partial charge is 0.417 e. The summed E-state index contributed by atoms with van der Waals surface area (Å²) in [6.07, 6.45) is 2.83. The van der Waals surface area contributed by atoms with Gasteiger partial charge in [-0.15, -0.1) is 0 Å². The van der Waals surface area contributed by atoms with Crippen molar-refractivity contribution in [2.75, 3.05) is 11.4 Å². The zero-order valence-electron chi connectivity index (χ0n) is 14.0. The minimum absolute atomic E-state index is 0.177. The second-order valence-corrected chi connectivity index (χ2v) is 6.37. The van der Waals surface area contributed by atoms with Crippen molar-refractivity contribution in [3.63, 3.8) is 0 Å². The maximum Gasteiger partial charge on any atom is 0.417 e. The Balaban J connectivity index is 1.76. The molecule has 0 bridgehead atoms. The lowest BCUT2D eigenvalue weighted by Crippen LogP contribution is -2.52. The molecule has 1 aliphatic rings. The molecule has 3 rings (SSSR count). The SMILES string of the molecule is C[C@H]1CN(c2ncc(C#Cc3ccccc3)cn2)C(=O)OC1(C)C. The minimum atomic E-state index is -0.477. The molecule has 1 fully saturated rings. The molecule has 5 heteroatoms. The van der Waals surface area contributed by atoms with E-state index in [4.69, 9.17) is 4.74 Å². The summed E-state index contributed by atoms with van der Waals surface area (Å²) in [4.78, 5) is 22.1. The quantitative estimate of drug-likeness (QED) is 0.757. The highest BCUT2D eigenvalue weighted by Gasteiger charge is 2.40.